The van der Waals surface area contributed by atoms with Crippen molar-refractivity contribution in [2.75, 3.05) is 0 Å². The van der Waals surface area contributed by atoms with Gasteiger partial charge in [-0.15, -0.1) is 10.2 Å². The Labute approximate surface area is 146 Å². The highest BCUT2D eigenvalue weighted by molar-refractivity contribution is 7.98. The molecule has 0 amide bonds. The second-order valence-corrected chi connectivity index (χ2v) is 7.72. The van der Waals surface area contributed by atoms with E-state index in [1.165, 1.54) is 5.56 Å². The maximum absolute atomic E-state index is 4.35. The SMILES string of the molecule is Cn1ncnc1CSc1nnc(-c2ccc(C(C)(C)C)cc2)n1C. The first-order valence-electron chi connectivity index (χ1n) is 7.82. The molecular weight excluding hydrogens is 320 g/mol. The van der Waals surface area contributed by atoms with Crippen LogP contribution in [0.15, 0.2) is 35.7 Å². The van der Waals surface area contributed by atoms with Gasteiger partial charge in [-0.3, -0.25) is 4.68 Å². The van der Waals surface area contributed by atoms with Crippen molar-refractivity contribution in [1.29, 1.82) is 0 Å². The first-order chi connectivity index (χ1) is 11.4. The van der Waals surface area contributed by atoms with Crippen LogP contribution >= 0.6 is 11.8 Å². The molecule has 3 rings (SSSR count). The van der Waals surface area contributed by atoms with Gasteiger partial charge in [0.05, 0.1) is 5.75 Å². The number of aromatic nitrogens is 6. The lowest BCUT2D eigenvalue weighted by atomic mass is 9.87. The molecule has 0 aliphatic carbocycles. The smallest absolute Gasteiger partial charge is 0.191 e. The second-order valence-electron chi connectivity index (χ2n) is 6.78. The van der Waals surface area contributed by atoms with Crippen LogP contribution in [0.5, 0.6) is 0 Å². The fourth-order valence-corrected chi connectivity index (χ4v) is 3.29. The summed E-state index contributed by atoms with van der Waals surface area (Å²) in [6.07, 6.45) is 1.56. The summed E-state index contributed by atoms with van der Waals surface area (Å²) in [4.78, 5) is 4.23. The van der Waals surface area contributed by atoms with Gasteiger partial charge in [0.2, 0.25) is 0 Å². The van der Waals surface area contributed by atoms with Crippen LogP contribution in [-0.2, 0) is 25.3 Å². The van der Waals surface area contributed by atoms with Crippen molar-refractivity contribution in [2.45, 2.75) is 37.1 Å². The Balaban J connectivity index is 1.78. The van der Waals surface area contributed by atoms with Crippen molar-refractivity contribution >= 4 is 11.8 Å². The number of thioether (sulfide) groups is 1. The summed E-state index contributed by atoms with van der Waals surface area (Å²) in [6.45, 7) is 6.64. The zero-order valence-electron chi connectivity index (χ0n) is 14.7. The predicted octanol–water partition coefficient (Wildman–Crippen LogP) is 3.20. The van der Waals surface area contributed by atoms with Crippen molar-refractivity contribution in [3.05, 3.63) is 42.0 Å². The maximum atomic E-state index is 4.35. The highest BCUT2D eigenvalue weighted by Crippen LogP contribution is 2.27. The average molecular weight is 342 g/mol. The Kier molecular flexibility index (Phi) is 4.45. The van der Waals surface area contributed by atoms with E-state index in [9.17, 15) is 0 Å². The monoisotopic (exact) mass is 342 g/mol. The lowest BCUT2D eigenvalue weighted by molar-refractivity contribution is 0.590. The fourth-order valence-electron chi connectivity index (χ4n) is 2.39. The summed E-state index contributed by atoms with van der Waals surface area (Å²) < 4.78 is 3.79. The molecule has 7 heteroatoms. The number of hydrogen-bond acceptors (Lipinski definition) is 5. The van der Waals surface area contributed by atoms with Crippen LogP contribution in [0.3, 0.4) is 0 Å². The largest absolute Gasteiger partial charge is 0.305 e. The molecule has 0 saturated heterocycles. The zero-order valence-corrected chi connectivity index (χ0v) is 15.5. The molecule has 0 atom stereocenters. The normalized spacial score (nSPS) is 11.9. The molecule has 0 radical (unpaired) electrons. The summed E-state index contributed by atoms with van der Waals surface area (Å²) >= 11 is 1.61. The highest BCUT2D eigenvalue weighted by Gasteiger charge is 2.16. The van der Waals surface area contributed by atoms with E-state index in [1.54, 1.807) is 22.8 Å². The molecule has 0 fully saturated rings. The molecule has 3 aromatic rings. The number of rotatable bonds is 4. The summed E-state index contributed by atoms with van der Waals surface area (Å²) in [5.41, 5.74) is 2.53. The van der Waals surface area contributed by atoms with Crippen LogP contribution in [0.4, 0.5) is 0 Å². The lowest BCUT2D eigenvalue weighted by Gasteiger charge is -2.19. The van der Waals surface area contributed by atoms with Gasteiger partial charge in [0.15, 0.2) is 11.0 Å². The van der Waals surface area contributed by atoms with Gasteiger partial charge in [-0.2, -0.15) is 5.10 Å². The van der Waals surface area contributed by atoms with Gasteiger partial charge < -0.3 is 4.57 Å². The summed E-state index contributed by atoms with van der Waals surface area (Å²) in [6, 6.07) is 8.55. The quantitative estimate of drug-likeness (QED) is 0.681. The van der Waals surface area contributed by atoms with Gasteiger partial charge in [0.25, 0.3) is 0 Å². The third-order valence-electron chi connectivity index (χ3n) is 3.98. The molecule has 1 aromatic carbocycles. The standard InChI is InChI=1S/C17H22N6S/c1-17(2,3)13-8-6-12(7-9-13)15-20-21-16(22(15)4)24-10-14-18-11-19-23(14)5/h6-9,11H,10H2,1-5H3. The second kappa shape index (κ2) is 6.39. The molecule has 0 unspecified atom stereocenters. The highest BCUT2D eigenvalue weighted by atomic mass is 32.2. The summed E-state index contributed by atoms with van der Waals surface area (Å²) in [5, 5.41) is 13.6. The van der Waals surface area contributed by atoms with E-state index < -0.39 is 0 Å². The van der Waals surface area contributed by atoms with Crippen molar-refractivity contribution in [1.82, 2.24) is 29.5 Å². The lowest BCUT2D eigenvalue weighted by Crippen LogP contribution is -2.10. The van der Waals surface area contributed by atoms with Gasteiger partial charge in [-0.05, 0) is 11.0 Å². The van der Waals surface area contributed by atoms with E-state index in [4.69, 9.17) is 0 Å². The maximum Gasteiger partial charge on any atom is 0.191 e. The average Bonchev–Trinajstić information content (AvgIpc) is 3.10. The van der Waals surface area contributed by atoms with E-state index in [0.717, 1.165) is 22.4 Å². The predicted molar refractivity (Wildman–Crippen MR) is 95.7 cm³/mol. The van der Waals surface area contributed by atoms with Crippen molar-refractivity contribution < 1.29 is 0 Å². The molecule has 0 aliphatic rings. The van der Waals surface area contributed by atoms with E-state index in [2.05, 4.69) is 65.3 Å². The molecule has 0 spiro atoms. The summed E-state index contributed by atoms with van der Waals surface area (Å²) in [5.74, 6) is 2.50. The molecule has 126 valence electrons. The minimum Gasteiger partial charge on any atom is -0.305 e. The van der Waals surface area contributed by atoms with Gasteiger partial charge in [0.1, 0.15) is 12.2 Å². The molecule has 2 aromatic heterocycles. The third kappa shape index (κ3) is 3.36. The molecule has 0 bridgehead atoms. The molecule has 24 heavy (non-hydrogen) atoms. The van der Waals surface area contributed by atoms with Gasteiger partial charge in [-0.25, -0.2) is 4.98 Å². The molecular formula is C17H22N6S. The Morgan fingerprint density at radius 1 is 1.04 bits per heavy atom. The van der Waals surface area contributed by atoms with Crippen LogP contribution < -0.4 is 0 Å². The van der Waals surface area contributed by atoms with E-state index in [0.29, 0.717) is 5.75 Å². The molecule has 0 aliphatic heterocycles. The topological polar surface area (TPSA) is 61.4 Å². The van der Waals surface area contributed by atoms with E-state index in [1.807, 2.05) is 18.7 Å². The van der Waals surface area contributed by atoms with Crippen LogP contribution in [0, 0.1) is 0 Å². The molecule has 6 nitrogen and oxygen atoms in total. The Morgan fingerprint density at radius 2 is 1.75 bits per heavy atom. The first-order valence-corrected chi connectivity index (χ1v) is 8.81. The zero-order chi connectivity index (χ0) is 17.3. The van der Waals surface area contributed by atoms with E-state index >= 15 is 0 Å². The van der Waals surface area contributed by atoms with Crippen LogP contribution in [0.1, 0.15) is 32.2 Å². The van der Waals surface area contributed by atoms with Gasteiger partial charge >= 0.3 is 0 Å². The number of hydrogen-bond donors (Lipinski definition) is 0. The third-order valence-corrected chi connectivity index (χ3v) is 5.00. The first kappa shape index (κ1) is 16.7. The number of nitrogens with zero attached hydrogens (tertiary/aromatic N) is 6. The molecule has 0 saturated carbocycles. The Bertz CT molecular complexity index is 826. The minimum atomic E-state index is 0.148. The van der Waals surface area contributed by atoms with E-state index in [-0.39, 0.29) is 5.41 Å². The molecule has 0 N–H and O–H groups in total. The Hall–Kier alpha value is -2.15. The number of benzene rings is 1. The van der Waals surface area contributed by atoms with Crippen LogP contribution in [0.25, 0.3) is 11.4 Å². The summed E-state index contributed by atoms with van der Waals surface area (Å²) in [7, 11) is 3.88. The fraction of sp³-hybridized carbons (Fsp3) is 0.412. The van der Waals surface area contributed by atoms with Crippen LogP contribution in [-0.4, -0.2) is 29.5 Å². The van der Waals surface area contributed by atoms with Crippen molar-refractivity contribution in [2.24, 2.45) is 14.1 Å². The van der Waals surface area contributed by atoms with Gasteiger partial charge in [-0.1, -0.05) is 56.8 Å². The molecule has 2 heterocycles. The number of aryl methyl sites for hydroxylation is 1. The van der Waals surface area contributed by atoms with Gasteiger partial charge in [0, 0.05) is 19.7 Å². The Morgan fingerprint density at radius 3 is 2.33 bits per heavy atom. The van der Waals surface area contributed by atoms with Crippen molar-refractivity contribution in [3.63, 3.8) is 0 Å². The minimum absolute atomic E-state index is 0.148. The van der Waals surface area contributed by atoms with Crippen molar-refractivity contribution in [3.8, 4) is 11.4 Å². The van der Waals surface area contributed by atoms with Crippen LogP contribution in [0.2, 0.25) is 0 Å².